The number of nitro groups is 1. The van der Waals surface area contributed by atoms with E-state index < -0.39 is 16.9 Å². The van der Waals surface area contributed by atoms with Crippen LogP contribution in [-0.4, -0.2) is 28.2 Å². The highest BCUT2D eigenvalue weighted by Crippen LogP contribution is 2.33. The molecule has 0 fully saturated rings. The topological polar surface area (TPSA) is 126 Å². The van der Waals surface area contributed by atoms with Crippen LogP contribution in [0.15, 0.2) is 80.1 Å². The van der Waals surface area contributed by atoms with E-state index in [1.807, 2.05) is 26.0 Å². The zero-order valence-corrected chi connectivity index (χ0v) is 24.7. The van der Waals surface area contributed by atoms with Crippen LogP contribution in [0.3, 0.4) is 0 Å². The van der Waals surface area contributed by atoms with Crippen LogP contribution in [0.25, 0.3) is 17.4 Å². The number of nitrogens with zero attached hydrogens (tertiary/aromatic N) is 3. The summed E-state index contributed by atoms with van der Waals surface area (Å²) in [7, 11) is 0. The second kappa shape index (κ2) is 11.8. The highest BCUT2D eigenvalue weighted by molar-refractivity contribution is 7.07. The first-order valence-electron chi connectivity index (χ1n) is 13.1. The molecule has 4 aromatic rings. The van der Waals surface area contributed by atoms with Crippen molar-refractivity contribution >= 4 is 40.7 Å². The third kappa shape index (κ3) is 5.65. The molecular formula is C30H26ClN3O7S. The fraction of sp³-hybridized carbons (Fsp3) is 0.233. The minimum atomic E-state index is -0.766. The molecule has 216 valence electrons. The van der Waals surface area contributed by atoms with E-state index in [4.69, 9.17) is 25.5 Å². The average Bonchev–Trinajstić information content (AvgIpc) is 3.52. The van der Waals surface area contributed by atoms with Crippen molar-refractivity contribution in [3.05, 3.63) is 112 Å². The summed E-state index contributed by atoms with van der Waals surface area (Å²) in [5.41, 5.74) is 1.29. The van der Waals surface area contributed by atoms with Crippen molar-refractivity contribution in [2.45, 2.75) is 39.8 Å². The first-order valence-corrected chi connectivity index (χ1v) is 14.3. The van der Waals surface area contributed by atoms with Gasteiger partial charge in [-0.25, -0.2) is 9.79 Å². The Balaban J connectivity index is 1.59. The Kier molecular flexibility index (Phi) is 8.15. The Morgan fingerprint density at radius 3 is 2.62 bits per heavy atom. The Morgan fingerprint density at radius 1 is 1.21 bits per heavy atom. The zero-order chi connectivity index (χ0) is 30.1. The van der Waals surface area contributed by atoms with Crippen LogP contribution < -0.4 is 19.6 Å². The maximum atomic E-state index is 13.8. The standard InChI is InChI=1S/C30H26ClN3O7S/c1-5-39-29(36)26-17(4)32-30-33(27(26)18-6-9-20(10-7-18)40-16(2)3)28(35)25(42-30)15-21-11-13-24(41-21)19-8-12-22(31)23(14-19)34(37)38/h6-16,27H,5H2,1-4H3/b25-15-/t27-/m1/s1. The first-order chi connectivity index (χ1) is 20.1. The molecule has 1 aliphatic rings. The molecular weight excluding hydrogens is 582 g/mol. The van der Waals surface area contributed by atoms with Crippen molar-refractivity contribution in [3.8, 4) is 17.1 Å². The number of ether oxygens (including phenoxy) is 2. The predicted molar refractivity (Wildman–Crippen MR) is 158 cm³/mol. The number of furan rings is 1. The van der Waals surface area contributed by atoms with Gasteiger partial charge in [-0.3, -0.25) is 19.5 Å². The summed E-state index contributed by atoms with van der Waals surface area (Å²) in [4.78, 5) is 42.7. The molecule has 0 saturated heterocycles. The third-order valence-electron chi connectivity index (χ3n) is 6.41. The summed E-state index contributed by atoms with van der Waals surface area (Å²) >= 11 is 7.10. The van der Waals surface area contributed by atoms with E-state index in [0.29, 0.717) is 43.4 Å². The molecule has 5 rings (SSSR count). The lowest BCUT2D eigenvalue weighted by atomic mass is 9.96. The molecule has 0 bridgehead atoms. The fourth-order valence-electron chi connectivity index (χ4n) is 4.63. The molecule has 0 aliphatic carbocycles. The van der Waals surface area contributed by atoms with E-state index in [1.165, 1.54) is 16.7 Å². The predicted octanol–water partition coefficient (Wildman–Crippen LogP) is 5.41. The Morgan fingerprint density at radius 2 is 1.95 bits per heavy atom. The number of fused-ring (bicyclic) bond motifs is 1. The SMILES string of the molecule is CCOC(=O)C1=C(C)N=c2s/c(=C\c3ccc(-c4ccc(Cl)c([N+](=O)[O-])c4)o3)c(=O)n2[C@@H]1c1ccc(OC(C)C)cc1. The van der Waals surface area contributed by atoms with Crippen LogP contribution in [0.4, 0.5) is 5.69 Å². The summed E-state index contributed by atoms with van der Waals surface area (Å²) in [6, 6.07) is 14.2. The van der Waals surface area contributed by atoms with Gasteiger partial charge in [0, 0.05) is 17.7 Å². The van der Waals surface area contributed by atoms with Crippen LogP contribution >= 0.6 is 22.9 Å². The number of halogens is 1. The van der Waals surface area contributed by atoms with Gasteiger partial charge < -0.3 is 13.9 Å². The second-order valence-corrected chi connectivity index (χ2v) is 11.1. The van der Waals surface area contributed by atoms with Crippen molar-refractivity contribution in [1.29, 1.82) is 0 Å². The molecule has 1 aliphatic heterocycles. The van der Waals surface area contributed by atoms with E-state index >= 15 is 0 Å². The lowest BCUT2D eigenvalue weighted by molar-refractivity contribution is -0.384. The number of carbonyl (C=O) groups excluding carboxylic acids is 1. The lowest BCUT2D eigenvalue weighted by Crippen LogP contribution is -2.39. The number of hydrogen-bond acceptors (Lipinski definition) is 9. The summed E-state index contributed by atoms with van der Waals surface area (Å²) < 4.78 is 18.8. The van der Waals surface area contributed by atoms with E-state index in [9.17, 15) is 19.7 Å². The molecule has 0 N–H and O–H groups in total. The summed E-state index contributed by atoms with van der Waals surface area (Å²) in [5, 5.41) is 11.3. The smallest absolute Gasteiger partial charge is 0.338 e. The van der Waals surface area contributed by atoms with Gasteiger partial charge in [0.25, 0.3) is 11.2 Å². The highest BCUT2D eigenvalue weighted by atomic mass is 35.5. The van der Waals surface area contributed by atoms with Gasteiger partial charge in [-0.2, -0.15) is 0 Å². The molecule has 10 nitrogen and oxygen atoms in total. The van der Waals surface area contributed by atoms with Crippen LogP contribution in [0.1, 0.15) is 45.1 Å². The number of thiazole rings is 1. The number of nitro benzene ring substituents is 1. The minimum Gasteiger partial charge on any atom is -0.491 e. The van der Waals surface area contributed by atoms with Crippen molar-refractivity contribution in [1.82, 2.24) is 4.57 Å². The van der Waals surface area contributed by atoms with Gasteiger partial charge in [0.2, 0.25) is 0 Å². The molecule has 0 amide bonds. The van der Waals surface area contributed by atoms with Crippen molar-refractivity contribution in [2.75, 3.05) is 6.61 Å². The molecule has 1 atom stereocenters. The molecule has 0 unspecified atom stereocenters. The zero-order valence-electron chi connectivity index (χ0n) is 23.1. The first kappa shape index (κ1) is 29.0. The number of rotatable bonds is 8. The van der Waals surface area contributed by atoms with Gasteiger partial charge in [-0.1, -0.05) is 35.1 Å². The van der Waals surface area contributed by atoms with Crippen molar-refractivity contribution in [2.24, 2.45) is 4.99 Å². The fourth-order valence-corrected chi connectivity index (χ4v) is 5.84. The normalized spacial score (nSPS) is 15.0. The molecule has 2 aromatic heterocycles. The second-order valence-electron chi connectivity index (χ2n) is 9.66. The Hall–Kier alpha value is -4.48. The summed E-state index contributed by atoms with van der Waals surface area (Å²) in [6.07, 6.45) is 1.57. The number of aromatic nitrogens is 1. The van der Waals surface area contributed by atoms with Gasteiger partial charge in [-0.15, -0.1) is 0 Å². The van der Waals surface area contributed by atoms with E-state index in [-0.39, 0.29) is 34.6 Å². The third-order valence-corrected chi connectivity index (χ3v) is 7.71. The van der Waals surface area contributed by atoms with Crippen LogP contribution in [-0.2, 0) is 9.53 Å². The van der Waals surface area contributed by atoms with Gasteiger partial charge >= 0.3 is 5.97 Å². The largest absolute Gasteiger partial charge is 0.491 e. The Bertz CT molecular complexity index is 1900. The van der Waals surface area contributed by atoms with E-state index in [0.717, 1.165) is 11.3 Å². The molecule has 0 radical (unpaired) electrons. The maximum absolute atomic E-state index is 13.8. The van der Waals surface area contributed by atoms with Gasteiger partial charge in [-0.05, 0) is 69.7 Å². The van der Waals surface area contributed by atoms with Crippen LogP contribution in [0, 0.1) is 10.1 Å². The quantitative estimate of drug-likeness (QED) is 0.149. The maximum Gasteiger partial charge on any atom is 0.338 e. The average molecular weight is 608 g/mol. The highest BCUT2D eigenvalue weighted by Gasteiger charge is 2.33. The molecule has 2 aromatic carbocycles. The molecule has 12 heteroatoms. The number of esters is 1. The number of hydrogen-bond donors (Lipinski definition) is 0. The molecule has 3 heterocycles. The summed E-state index contributed by atoms with van der Waals surface area (Å²) in [5.74, 6) is 0.851. The van der Waals surface area contributed by atoms with Crippen LogP contribution in [0.5, 0.6) is 5.75 Å². The number of carbonyl (C=O) groups is 1. The molecule has 0 saturated carbocycles. The van der Waals surface area contributed by atoms with Gasteiger partial charge in [0.15, 0.2) is 4.80 Å². The van der Waals surface area contributed by atoms with Crippen molar-refractivity contribution < 1.29 is 23.6 Å². The van der Waals surface area contributed by atoms with Gasteiger partial charge in [0.05, 0.1) is 39.5 Å². The van der Waals surface area contributed by atoms with Crippen molar-refractivity contribution in [3.63, 3.8) is 0 Å². The van der Waals surface area contributed by atoms with E-state index in [2.05, 4.69) is 4.99 Å². The monoisotopic (exact) mass is 607 g/mol. The molecule has 0 spiro atoms. The number of allylic oxidation sites excluding steroid dienone is 1. The molecule has 42 heavy (non-hydrogen) atoms. The van der Waals surface area contributed by atoms with Gasteiger partial charge in [0.1, 0.15) is 22.3 Å². The lowest BCUT2D eigenvalue weighted by Gasteiger charge is -2.25. The Labute approximate surface area is 248 Å². The van der Waals surface area contributed by atoms with E-state index in [1.54, 1.807) is 50.3 Å². The summed E-state index contributed by atoms with van der Waals surface area (Å²) in [6.45, 7) is 7.47. The van der Waals surface area contributed by atoms with Crippen LogP contribution in [0.2, 0.25) is 5.02 Å². The minimum absolute atomic E-state index is 0.0114. The number of benzene rings is 2.